The second kappa shape index (κ2) is 10.2. The van der Waals surface area contributed by atoms with E-state index < -0.39 is 5.97 Å². The number of carbonyl (C=O) groups excluding carboxylic acids is 2. The van der Waals surface area contributed by atoms with E-state index in [1.165, 1.54) is 6.42 Å². The van der Waals surface area contributed by atoms with Crippen LogP contribution in [0.5, 0.6) is 0 Å². The summed E-state index contributed by atoms with van der Waals surface area (Å²) in [5, 5.41) is 10.9. The van der Waals surface area contributed by atoms with Crippen molar-refractivity contribution in [2.75, 3.05) is 12.3 Å². The normalized spacial score (nSPS) is 27.7. The molecule has 2 aliphatic carbocycles. The summed E-state index contributed by atoms with van der Waals surface area (Å²) in [6.45, 7) is 4.32. The highest BCUT2D eigenvalue weighted by Gasteiger charge is 2.52. The molecular formula is C21H35N3O4S. The van der Waals surface area contributed by atoms with E-state index in [-0.39, 0.29) is 48.8 Å². The van der Waals surface area contributed by atoms with Gasteiger partial charge in [0.15, 0.2) is 5.78 Å². The number of nitrogens with one attached hydrogen (secondary N) is 1. The molecule has 29 heavy (non-hydrogen) atoms. The average molecular weight is 426 g/mol. The van der Waals surface area contributed by atoms with Crippen molar-refractivity contribution in [3.8, 4) is 0 Å². The number of carbonyl (C=O) groups is 3. The lowest BCUT2D eigenvalue weighted by Gasteiger charge is -2.28. The SMILES string of the molecule is CC(C)N1C(=O)N(NCC(=O)C2CCCCC2)C2CC(SCCCC(=O)O)CC21. The molecule has 164 valence electrons. The zero-order valence-electron chi connectivity index (χ0n) is 17.6. The fourth-order valence-electron chi connectivity index (χ4n) is 5.06. The van der Waals surface area contributed by atoms with Crippen molar-refractivity contribution in [1.29, 1.82) is 0 Å². The number of carboxylic acids is 1. The summed E-state index contributed by atoms with van der Waals surface area (Å²) in [4.78, 5) is 38.3. The van der Waals surface area contributed by atoms with Gasteiger partial charge in [0.05, 0.1) is 18.6 Å². The molecule has 0 bridgehead atoms. The van der Waals surface area contributed by atoms with Crippen LogP contribution in [0.4, 0.5) is 4.79 Å². The molecule has 3 rings (SSSR count). The third-order valence-corrected chi connectivity index (χ3v) is 7.88. The summed E-state index contributed by atoms with van der Waals surface area (Å²) in [5.41, 5.74) is 3.19. The van der Waals surface area contributed by atoms with Crippen molar-refractivity contribution in [1.82, 2.24) is 15.3 Å². The highest BCUT2D eigenvalue weighted by atomic mass is 32.2. The molecule has 0 aromatic heterocycles. The fraction of sp³-hybridized carbons (Fsp3) is 0.857. The van der Waals surface area contributed by atoms with Crippen LogP contribution in [-0.4, -0.2) is 68.5 Å². The monoisotopic (exact) mass is 425 g/mol. The highest BCUT2D eigenvalue weighted by Crippen LogP contribution is 2.41. The molecule has 7 nitrogen and oxygen atoms in total. The van der Waals surface area contributed by atoms with Gasteiger partial charge in [-0.2, -0.15) is 11.8 Å². The Morgan fingerprint density at radius 1 is 1.17 bits per heavy atom. The topological polar surface area (TPSA) is 90.0 Å². The third-order valence-electron chi connectivity index (χ3n) is 6.50. The smallest absolute Gasteiger partial charge is 0.335 e. The van der Waals surface area contributed by atoms with E-state index in [0.29, 0.717) is 11.7 Å². The maximum Gasteiger partial charge on any atom is 0.335 e. The first-order valence-corrected chi connectivity index (χ1v) is 12.1. The standard InChI is InChI=1S/C21H35N3O4S/c1-14(2)23-17-11-16(29-10-6-9-20(26)27)12-18(17)24(21(23)28)22-13-19(25)15-7-4-3-5-8-15/h14-18,22H,3-13H2,1-2H3,(H,26,27). The van der Waals surface area contributed by atoms with E-state index >= 15 is 0 Å². The lowest BCUT2D eigenvalue weighted by atomic mass is 9.86. The van der Waals surface area contributed by atoms with Crippen LogP contribution in [0.25, 0.3) is 0 Å². The van der Waals surface area contributed by atoms with Gasteiger partial charge in [-0.3, -0.25) is 14.6 Å². The van der Waals surface area contributed by atoms with E-state index in [2.05, 4.69) is 5.43 Å². The second-order valence-electron chi connectivity index (χ2n) is 8.89. The lowest BCUT2D eigenvalue weighted by Crippen LogP contribution is -2.49. The Labute approximate surface area is 177 Å². The molecule has 1 heterocycles. The summed E-state index contributed by atoms with van der Waals surface area (Å²) < 4.78 is 0. The predicted octanol–water partition coefficient (Wildman–Crippen LogP) is 3.28. The molecule has 0 aromatic carbocycles. The molecule has 3 aliphatic rings. The predicted molar refractivity (Wildman–Crippen MR) is 114 cm³/mol. The molecule has 0 aromatic rings. The number of Topliss-reactive ketones (excluding diaryl/α,β-unsaturated/α-hetero) is 1. The first kappa shape index (κ1) is 22.4. The van der Waals surface area contributed by atoms with E-state index in [1.807, 2.05) is 30.5 Å². The fourth-order valence-corrected chi connectivity index (χ4v) is 6.37. The molecular weight excluding hydrogens is 390 g/mol. The number of ketones is 1. The highest BCUT2D eigenvalue weighted by molar-refractivity contribution is 7.99. The molecule has 3 unspecified atom stereocenters. The second-order valence-corrected chi connectivity index (χ2v) is 10.3. The van der Waals surface area contributed by atoms with Crippen LogP contribution < -0.4 is 5.43 Å². The van der Waals surface area contributed by atoms with Crippen molar-refractivity contribution < 1.29 is 19.5 Å². The Morgan fingerprint density at radius 2 is 1.86 bits per heavy atom. The number of nitrogens with zero attached hydrogens (tertiary/aromatic N) is 2. The van der Waals surface area contributed by atoms with Crippen LogP contribution in [0.2, 0.25) is 0 Å². The largest absolute Gasteiger partial charge is 0.481 e. The number of rotatable bonds is 10. The van der Waals surface area contributed by atoms with E-state index in [0.717, 1.165) is 44.3 Å². The number of hydrogen-bond donors (Lipinski definition) is 2. The molecule has 3 atom stereocenters. The number of aliphatic carboxylic acids is 1. The van der Waals surface area contributed by atoms with Gasteiger partial charge in [-0.25, -0.2) is 10.2 Å². The van der Waals surface area contributed by atoms with Gasteiger partial charge in [0.2, 0.25) is 0 Å². The minimum atomic E-state index is -0.747. The lowest BCUT2D eigenvalue weighted by molar-refractivity contribution is -0.137. The molecule has 2 saturated carbocycles. The molecule has 3 fully saturated rings. The molecule has 1 aliphatic heterocycles. The van der Waals surface area contributed by atoms with Gasteiger partial charge < -0.3 is 10.0 Å². The van der Waals surface area contributed by atoms with Gasteiger partial charge in [-0.1, -0.05) is 19.3 Å². The Bertz CT molecular complexity index is 609. The third kappa shape index (κ3) is 5.45. The number of fused-ring (bicyclic) bond motifs is 1. The zero-order valence-corrected chi connectivity index (χ0v) is 18.5. The van der Waals surface area contributed by atoms with Crippen LogP contribution in [-0.2, 0) is 9.59 Å². The number of thioether (sulfide) groups is 1. The number of hydrogen-bond acceptors (Lipinski definition) is 5. The average Bonchev–Trinajstić information content (AvgIpc) is 3.19. The van der Waals surface area contributed by atoms with Gasteiger partial charge in [-0.05, 0) is 51.7 Å². The Kier molecular flexibility index (Phi) is 7.85. The van der Waals surface area contributed by atoms with Gasteiger partial charge in [0.1, 0.15) is 0 Å². The first-order valence-electron chi connectivity index (χ1n) is 11.1. The van der Waals surface area contributed by atoms with Gasteiger partial charge in [0, 0.05) is 23.6 Å². The van der Waals surface area contributed by atoms with E-state index in [9.17, 15) is 14.4 Å². The maximum absolute atomic E-state index is 13.0. The molecule has 0 spiro atoms. The van der Waals surface area contributed by atoms with E-state index in [4.69, 9.17) is 5.11 Å². The maximum atomic E-state index is 13.0. The Morgan fingerprint density at radius 3 is 2.52 bits per heavy atom. The van der Waals surface area contributed by atoms with Gasteiger partial charge in [-0.15, -0.1) is 0 Å². The van der Waals surface area contributed by atoms with Gasteiger partial charge >= 0.3 is 12.0 Å². The number of urea groups is 1. The molecule has 2 amide bonds. The Hall–Kier alpha value is -1.28. The summed E-state index contributed by atoms with van der Waals surface area (Å²) in [7, 11) is 0. The van der Waals surface area contributed by atoms with Crippen molar-refractivity contribution in [3.05, 3.63) is 0 Å². The van der Waals surface area contributed by atoms with Crippen LogP contribution in [0.3, 0.4) is 0 Å². The summed E-state index contributed by atoms with van der Waals surface area (Å²) in [6, 6.07) is 0.352. The number of amides is 2. The van der Waals surface area contributed by atoms with Crippen LogP contribution in [0, 0.1) is 5.92 Å². The molecule has 2 N–H and O–H groups in total. The quantitative estimate of drug-likeness (QED) is 0.522. The van der Waals surface area contributed by atoms with E-state index in [1.54, 1.807) is 5.01 Å². The van der Waals surface area contributed by atoms with Crippen LogP contribution >= 0.6 is 11.8 Å². The minimum absolute atomic E-state index is 0.0132. The van der Waals surface area contributed by atoms with Crippen LogP contribution in [0.15, 0.2) is 0 Å². The summed E-state index contributed by atoms with van der Waals surface area (Å²) in [6.07, 6.45) is 8.15. The van der Waals surface area contributed by atoms with Crippen molar-refractivity contribution in [2.45, 2.75) is 95.0 Å². The van der Waals surface area contributed by atoms with Crippen molar-refractivity contribution >= 4 is 29.5 Å². The Balaban J connectivity index is 1.56. The molecule has 1 saturated heterocycles. The minimum Gasteiger partial charge on any atom is -0.481 e. The summed E-state index contributed by atoms with van der Waals surface area (Å²) in [5.74, 6) is 0.463. The first-order chi connectivity index (χ1) is 13.9. The van der Waals surface area contributed by atoms with Gasteiger partial charge in [0.25, 0.3) is 0 Å². The van der Waals surface area contributed by atoms with Crippen molar-refractivity contribution in [2.24, 2.45) is 5.92 Å². The molecule has 8 heteroatoms. The molecule has 0 radical (unpaired) electrons. The van der Waals surface area contributed by atoms with Crippen LogP contribution in [0.1, 0.15) is 71.6 Å². The number of hydrazine groups is 1. The number of carboxylic acid groups (broad SMARTS) is 1. The van der Waals surface area contributed by atoms with Crippen molar-refractivity contribution in [3.63, 3.8) is 0 Å². The summed E-state index contributed by atoms with van der Waals surface area (Å²) >= 11 is 1.82. The zero-order chi connectivity index (χ0) is 21.0.